The summed E-state index contributed by atoms with van der Waals surface area (Å²) in [5.41, 5.74) is 0. The smallest absolute Gasteiger partial charge is 0.289 e. The third-order valence-electron chi connectivity index (χ3n) is 2.54. The Hall–Kier alpha value is -0.900. The Labute approximate surface area is 78.5 Å². The first-order valence-corrected chi connectivity index (χ1v) is 4.48. The zero-order valence-corrected chi connectivity index (χ0v) is 8.41. The zero-order valence-electron chi connectivity index (χ0n) is 8.41. The lowest BCUT2D eigenvalue weighted by Crippen LogP contribution is -2.41. The Kier molecular flexibility index (Phi) is 3.03. The molecule has 0 saturated carbocycles. The van der Waals surface area contributed by atoms with Gasteiger partial charge in [0.2, 0.25) is 5.78 Å². The number of hydrogen-bond acceptors (Lipinski definition) is 3. The van der Waals surface area contributed by atoms with Crippen molar-refractivity contribution in [3.05, 3.63) is 0 Å². The third kappa shape index (κ3) is 2.28. The zero-order chi connectivity index (χ0) is 10.0. The molecule has 0 aromatic carbocycles. The van der Waals surface area contributed by atoms with Gasteiger partial charge in [0.1, 0.15) is 0 Å². The van der Waals surface area contributed by atoms with Crippen LogP contribution in [0.25, 0.3) is 0 Å². The normalized spacial score (nSPS) is 23.2. The number of likely N-dealkylation sites (tertiary alicyclic amines) is 1. The fourth-order valence-electron chi connectivity index (χ4n) is 1.64. The molecule has 0 radical (unpaired) electrons. The van der Waals surface area contributed by atoms with Gasteiger partial charge in [0.15, 0.2) is 0 Å². The van der Waals surface area contributed by atoms with Crippen molar-refractivity contribution in [2.24, 2.45) is 0 Å². The van der Waals surface area contributed by atoms with E-state index in [9.17, 15) is 9.59 Å². The lowest BCUT2D eigenvalue weighted by atomic mass is 10.2. The van der Waals surface area contributed by atoms with Crippen molar-refractivity contribution in [1.82, 2.24) is 9.80 Å². The lowest BCUT2D eigenvalue weighted by Gasteiger charge is -2.22. The van der Waals surface area contributed by atoms with Gasteiger partial charge in [-0.3, -0.25) is 9.59 Å². The van der Waals surface area contributed by atoms with Crippen LogP contribution in [0.4, 0.5) is 0 Å². The van der Waals surface area contributed by atoms with Crippen LogP contribution in [0.3, 0.4) is 0 Å². The molecule has 0 spiro atoms. The molecule has 1 fully saturated rings. The van der Waals surface area contributed by atoms with Gasteiger partial charge in [-0.2, -0.15) is 0 Å². The number of carbonyl (C=O) groups excluding carboxylic acids is 2. The molecule has 1 amide bonds. The van der Waals surface area contributed by atoms with E-state index in [4.69, 9.17) is 0 Å². The summed E-state index contributed by atoms with van der Waals surface area (Å²) < 4.78 is 0. The van der Waals surface area contributed by atoms with Crippen LogP contribution in [-0.2, 0) is 9.59 Å². The van der Waals surface area contributed by atoms with Crippen molar-refractivity contribution in [3.63, 3.8) is 0 Å². The Balaban J connectivity index is 2.53. The fraction of sp³-hybridized carbons (Fsp3) is 0.778. The molecular weight excluding hydrogens is 168 g/mol. The standard InChI is InChI=1S/C9H16N2O2/c1-7(12)9(13)11(3)8-4-5-10(2)6-8/h8H,4-6H2,1-3H3. The van der Waals surface area contributed by atoms with Crippen molar-refractivity contribution >= 4 is 11.7 Å². The summed E-state index contributed by atoms with van der Waals surface area (Å²) in [5, 5.41) is 0. The van der Waals surface area contributed by atoms with Gasteiger partial charge in [-0.1, -0.05) is 0 Å². The number of hydrogen-bond donors (Lipinski definition) is 0. The van der Waals surface area contributed by atoms with Crippen molar-refractivity contribution in [2.75, 3.05) is 27.2 Å². The number of carbonyl (C=O) groups is 2. The van der Waals surface area contributed by atoms with Crippen LogP contribution in [0.1, 0.15) is 13.3 Å². The molecule has 1 atom stereocenters. The first-order valence-electron chi connectivity index (χ1n) is 4.48. The molecule has 0 aromatic heterocycles. The van der Waals surface area contributed by atoms with E-state index in [0.29, 0.717) is 0 Å². The Morgan fingerprint density at radius 3 is 2.46 bits per heavy atom. The largest absolute Gasteiger partial charge is 0.335 e. The second kappa shape index (κ2) is 3.87. The van der Waals surface area contributed by atoms with E-state index in [1.165, 1.54) is 6.92 Å². The maximum Gasteiger partial charge on any atom is 0.289 e. The first-order chi connectivity index (χ1) is 6.02. The van der Waals surface area contributed by atoms with Crippen LogP contribution < -0.4 is 0 Å². The molecule has 13 heavy (non-hydrogen) atoms. The number of nitrogens with zero attached hydrogens (tertiary/aromatic N) is 2. The average Bonchev–Trinajstić information content (AvgIpc) is 2.49. The molecule has 1 heterocycles. The highest BCUT2D eigenvalue weighted by Crippen LogP contribution is 2.12. The van der Waals surface area contributed by atoms with Gasteiger partial charge in [0, 0.05) is 26.6 Å². The highest BCUT2D eigenvalue weighted by molar-refractivity contribution is 6.35. The van der Waals surface area contributed by atoms with Gasteiger partial charge in [-0.15, -0.1) is 0 Å². The third-order valence-corrected chi connectivity index (χ3v) is 2.54. The predicted octanol–water partition coefficient (Wildman–Crippen LogP) is -0.262. The Morgan fingerprint density at radius 2 is 2.08 bits per heavy atom. The topological polar surface area (TPSA) is 40.6 Å². The van der Waals surface area contributed by atoms with Gasteiger partial charge >= 0.3 is 0 Å². The quantitative estimate of drug-likeness (QED) is 0.555. The summed E-state index contributed by atoms with van der Waals surface area (Å²) in [6.07, 6.45) is 0.964. The van der Waals surface area contributed by atoms with Crippen LogP contribution in [0.5, 0.6) is 0 Å². The molecular formula is C9H16N2O2. The summed E-state index contributed by atoms with van der Waals surface area (Å²) in [5.74, 6) is -0.752. The number of amides is 1. The molecule has 1 rings (SSSR count). The van der Waals surface area contributed by atoms with Crippen LogP contribution in [0.15, 0.2) is 0 Å². The minimum absolute atomic E-state index is 0.210. The monoisotopic (exact) mass is 184 g/mol. The van der Waals surface area contributed by atoms with Crippen molar-refractivity contribution in [1.29, 1.82) is 0 Å². The fourth-order valence-corrected chi connectivity index (χ4v) is 1.64. The van der Waals surface area contributed by atoms with E-state index >= 15 is 0 Å². The average molecular weight is 184 g/mol. The molecule has 0 aliphatic carbocycles. The Morgan fingerprint density at radius 1 is 1.46 bits per heavy atom. The molecule has 0 bridgehead atoms. The minimum Gasteiger partial charge on any atom is -0.335 e. The summed E-state index contributed by atoms with van der Waals surface area (Å²) in [7, 11) is 3.72. The minimum atomic E-state index is -0.378. The Bertz CT molecular complexity index is 228. The van der Waals surface area contributed by atoms with Crippen molar-refractivity contribution in [2.45, 2.75) is 19.4 Å². The van der Waals surface area contributed by atoms with Gasteiger partial charge in [-0.05, 0) is 20.0 Å². The van der Waals surface area contributed by atoms with E-state index in [1.54, 1.807) is 11.9 Å². The molecule has 0 N–H and O–H groups in total. The summed E-state index contributed by atoms with van der Waals surface area (Å²) in [6.45, 7) is 3.19. The number of ketones is 1. The first kappa shape index (κ1) is 10.2. The highest BCUT2D eigenvalue weighted by Gasteiger charge is 2.27. The number of rotatable bonds is 2. The van der Waals surface area contributed by atoms with E-state index < -0.39 is 0 Å². The van der Waals surface area contributed by atoms with Crippen LogP contribution in [0, 0.1) is 0 Å². The molecule has 0 aromatic rings. The van der Waals surface area contributed by atoms with E-state index in [2.05, 4.69) is 4.90 Å². The van der Waals surface area contributed by atoms with Gasteiger partial charge in [-0.25, -0.2) is 0 Å². The van der Waals surface area contributed by atoms with Crippen LogP contribution in [-0.4, -0.2) is 54.7 Å². The van der Waals surface area contributed by atoms with Gasteiger partial charge < -0.3 is 9.80 Å². The van der Waals surface area contributed by atoms with Gasteiger partial charge in [0.25, 0.3) is 5.91 Å². The van der Waals surface area contributed by atoms with E-state index in [1.807, 2.05) is 7.05 Å². The highest BCUT2D eigenvalue weighted by atomic mass is 16.2. The SMILES string of the molecule is CC(=O)C(=O)N(C)C1CCN(C)C1. The van der Waals surface area contributed by atoms with Gasteiger partial charge in [0.05, 0.1) is 0 Å². The van der Waals surface area contributed by atoms with Crippen LogP contribution >= 0.6 is 0 Å². The van der Waals surface area contributed by atoms with Crippen LogP contribution in [0.2, 0.25) is 0 Å². The molecule has 1 aliphatic heterocycles. The summed E-state index contributed by atoms with van der Waals surface area (Å²) >= 11 is 0. The predicted molar refractivity (Wildman–Crippen MR) is 49.4 cm³/mol. The molecule has 74 valence electrons. The molecule has 4 nitrogen and oxygen atoms in total. The summed E-state index contributed by atoms with van der Waals surface area (Å²) in [6, 6.07) is 0.210. The molecule has 1 aliphatic rings. The van der Waals surface area contributed by atoms with Crippen molar-refractivity contribution in [3.8, 4) is 0 Å². The van der Waals surface area contributed by atoms with E-state index in [-0.39, 0.29) is 17.7 Å². The van der Waals surface area contributed by atoms with Crippen molar-refractivity contribution < 1.29 is 9.59 Å². The maximum absolute atomic E-state index is 11.3. The summed E-state index contributed by atoms with van der Waals surface area (Å²) in [4.78, 5) is 25.8. The second-order valence-electron chi connectivity index (χ2n) is 3.68. The number of likely N-dealkylation sites (N-methyl/N-ethyl adjacent to an activating group) is 2. The molecule has 1 unspecified atom stereocenters. The maximum atomic E-state index is 11.3. The van der Waals surface area contributed by atoms with E-state index in [0.717, 1.165) is 19.5 Å². The number of Topliss-reactive ketones (excluding diaryl/α,β-unsaturated/α-hetero) is 1. The lowest BCUT2D eigenvalue weighted by molar-refractivity contribution is -0.143. The molecule has 4 heteroatoms. The molecule has 1 saturated heterocycles. The second-order valence-corrected chi connectivity index (χ2v) is 3.68.